The lowest BCUT2D eigenvalue weighted by Gasteiger charge is -2.18. The van der Waals surface area contributed by atoms with Crippen molar-refractivity contribution in [2.75, 3.05) is 19.0 Å². The average molecular weight is 303 g/mol. The number of aromatic nitrogens is 1. The number of nitrogens with zero attached hydrogens (tertiary/aromatic N) is 2. The van der Waals surface area contributed by atoms with Crippen LogP contribution >= 0.6 is 11.6 Å². The fourth-order valence-electron chi connectivity index (χ4n) is 3.19. The second kappa shape index (κ2) is 7.15. The zero-order valence-corrected chi connectivity index (χ0v) is 13.2. The second-order valence-electron chi connectivity index (χ2n) is 5.82. The molecule has 0 amide bonds. The maximum atomic E-state index is 5.83. The van der Waals surface area contributed by atoms with E-state index in [-0.39, 0.29) is 0 Å². The monoisotopic (exact) mass is 302 g/mol. The predicted octanol–water partition coefficient (Wildman–Crippen LogP) is 3.91. The van der Waals surface area contributed by atoms with Crippen LogP contribution in [0.25, 0.3) is 0 Å². The Morgan fingerprint density at radius 2 is 1.95 bits per heavy atom. The van der Waals surface area contributed by atoms with Gasteiger partial charge in [-0.3, -0.25) is 4.90 Å². The molecular weight excluding hydrogens is 280 g/mol. The first kappa shape index (κ1) is 14.7. The molecule has 21 heavy (non-hydrogen) atoms. The standard InChI is InChI=1S/C18H23ClN2/c19-10-5-12-20-11-4-8-18-17(15-20)9-13-21(18)14-16-6-2-1-3-7-16/h1-3,6-7,9,13H,4-5,8,10-12,14-15H2. The van der Waals surface area contributed by atoms with Crippen molar-refractivity contribution in [2.45, 2.75) is 32.4 Å². The lowest BCUT2D eigenvalue weighted by atomic mass is 10.1. The highest BCUT2D eigenvalue weighted by atomic mass is 35.5. The molecule has 2 heterocycles. The Labute approximate surface area is 132 Å². The molecule has 0 spiro atoms. The fourth-order valence-corrected chi connectivity index (χ4v) is 3.31. The number of halogens is 1. The van der Waals surface area contributed by atoms with Crippen LogP contribution in [-0.4, -0.2) is 28.4 Å². The van der Waals surface area contributed by atoms with Crippen LogP contribution in [0.15, 0.2) is 42.6 Å². The van der Waals surface area contributed by atoms with Crippen LogP contribution in [0.3, 0.4) is 0 Å². The van der Waals surface area contributed by atoms with E-state index >= 15 is 0 Å². The Morgan fingerprint density at radius 1 is 1.10 bits per heavy atom. The molecule has 0 atom stereocenters. The molecular formula is C18H23ClN2. The zero-order valence-electron chi connectivity index (χ0n) is 12.5. The third-order valence-electron chi connectivity index (χ3n) is 4.26. The van der Waals surface area contributed by atoms with Gasteiger partial charge in [0, 0.05) is 30.9 Å². The Hall–Kier alpha value is -1.25. The van der Waals surface area contributed by atoms with Gasteiger partial charge in [-0.25, -0.2) is 0 Å². The maximum Gasteiger partial charge on any atom is 0.0472 e. The van der Waals surface area contributed by atoms with Gasteiger partial charge < -0.3 is 4.57 Å². The number of alkyl halides is 1. The highest BCUT2D eigenvalue weighted by Crippen LogP contribution is 2.21. The Balaban J connectivity index is 1.73. The Morgan fingerprint density at radius 3 is 2.76 bits per heavy atom. The SMILES string of the molecule is ClCCCN1CCCc2c(ccn2Cc2ccccc2)C1. The van der Waals surface area contributed by atoms with Gasteiger partial charge in [-0.1, -0.05) is 30.3 Å². The first-order valence-electron chi connectivity index (χ1n) is 7.86. The van der Waals surface area contributed by atoms with Crippen molar-refractivity contribution >= 4 is 11.6 Å². The summed E-state index contributed by atoms with van der Waals surface area (Å²) in [6, 6.07) is 13.0. The molecule has 2 nitrogen and oxygen atoms in total. The zero-order chi connectivity index (χ0) is 14.5. The number of benzene rings is 1. The molecule has 0 N–H and O–H groups in total. The largest absolute Gasteiger partial charge is 0.347 e. The quantitative estimate of drug-likeness (QED) is 0.760. The fraction of sp³-hybridized carbons (Fsp3) is 0.444. The van der Waals surface area contributed by atoms with Gasteiger partial charge in [-0.15, -0.1) is 11.6 Å². The first-order chi connectivity index (χ1) is 10.4. The number of hydrogen-bond acceptors (Lipinski definition) is 1. The molecule has 1 aliphatic rings. The third-order valence-corrected chi connectivity index (χ3v) is 4.53. The first-order valence-corrected chi connectivity index (χ1v) is 8.39. The van der Waals surface area contributed by atoms with E-state index in [1.807, 2.05) is 0 Å². The van der Waals surface area contributed by atoms with Gasteiger partial charge in [0.15, 0.2) is 0 Å². The van der Waals surface area contributed by atoms with Crippen molar-refractivity contribution in [1.82, 2.24) is 9.47 Å². The van der Waals surface area contributed by atoms with Gasteiger partial charge in [0.05, 0.1) is 0 Å². The summed E-state index contributed by atoms with van der Waals surface area (Å²) < 4.78 is 2.43. The predicted molar refractivity (Wildman–Crippen MR) is 88.9 cm³/mol. The highest BCUT2D eigenvalue weighted by Gasteiger charge is 2.17. The van der Waals surface area contributed by atoms with Gasteiger partial charge in [-0.2, -0.15) is 0 Å². The summed E-state index contributed by atoms with van der Waals surface area (Å²) in [6.07, 6.45) is 5.77. The molecule has 3 heteroatoms. The molecule has 0 unspecified atom stereocenters. The van der Waals surface area contributed by atoms with Crippen LogP contribution in [0.4, 0.5) is 0 Å². The summed E-state index contributed by atoms with van der Waals surface area (Å²) in [6.45, 7) is 4.37. The topological polar surface area (TPSA) is 8.17 Å². The summed E-state index contributed by atoms with van der Waals surface area (Å²) in [5.41, 5.74) is 4.39. The van der Waals surface area contributed by atoms with Crippen molar-refractivity contribution in [3.63, 3.8) is 0 Å². The van der Waals surface area contributed by atoms with Crippen LogP contribution in [0, 0.1) is 0 Å². The minimum atomic E-state index is 0.762. The van der Waals surface area contributed by atoms with Crippen molar-refractivity contribution in [1.29, 1.82) is 0 Å². The summed E-state index contributed by atoms with van der Waals surface area (Å²) in [5.74, 6) is 0.762. The molecule has 1 aliphatic heterocycles. The van der Waals surface area contributed by atoms with Gasteiger partial charge in [0.25, 0.3) is 0 Å². The molecule has 0 bridgehead atoms. The van der Waals surface area contributed by atoms with Gasteiger partial charge in [-0.05, 0) is 49.5 Å². The summed E-state index contributed by atoms with van der Waals surface area (Å²) in [4.78, 5) is 2.54. The van der Waals surface area contributed by atoms with E-state index in [1.165, 1.54) is 36.2 Å². The lowest BCUT2D eigenvalue weighted by Crippen LogP contribution is -2.24. The molecule has 0 radical (unpaired) electrons. The molecule has 0 fully saturated rings. The van der Waals surface area contributed by atoms with E-state index in [1.54, 1.807) is 0 Å². The van der Waals surface area contributed by atoms with E-state index in [0.717, 1.165) is 31.9 Å². The van der Waals surface area contributed by atoms with Crippen LogP contribution in [0.5, 0.6) is 0 Å². The Kier molecular flexibility index (Phi) is 5.00. The summed E-state index contributed by atoms with van der Waals surface area (Å²) in [7, 11) is 0. The lowest BCUT2D eigenvalue weighted by molar-refractivity contribution is 0.271. The minimum Gasteiger partial charge on any atom is -0.347 e. The van der Waals surface area contributed by atoms with E-state index in [0.29, 0.717) is 0 Å². The van der Waals surface area contributed by atoms with Gasteiger partial charge >= 0.3 is 0 Å². The number of fused-ring (bicyclic) bond motifs is 1. The normalized spacial score (nSPS) is 15.7. The molecule has 1 aromatic carbocycles. The molecule has 0 saturated carbocycles. The summed E-state index contributed by atoms with van der Waals surface area (Å²) in [5, 5.41) is 0. The minimum absolute atomic E-state index is 0.762. The highest BCUT2D eigenvalue weighted by molar-refractivity contribution is 6.17. The van der Waals surface area contributed by atoms with Crippen LogP contribution in [-0.2, 0) is 19.5 Å². The third kappa shape index (κ3) is 3.69. The molecule has 1 aromatic heterocycles. The van der Waals surface area contributed by atoms with E-state index in [2.05, 4.69) is 52.1 Å². The molecule has 3 rings (SSSR count). The van der Waals surface area contributed by atoms with Crippen LogP contribution in [0.1, 0.15) is 29.7 Å². The molecule has 0 saturated heterocycles. The van der Waals surface area contributed by atoms with Crippen molar-refractivity contribution in [3.8, 4) is 0 Å². The molecule has 0 aliphatic carbocycles. The number of rotatable bonds is 5. The van der Waals surface area contributed by atoms with Crippen molar-refractivity contribution in [3.05, 3.63) is 59.4 Å². The Bertz CT molecular complexity index is 562. The van der Waals surface area contributed by atoms with E-state index in [9.17, 15) is 0 Å². The number of hydrogen-bond donors (Lipinski definition) is 0. The molecule has 112 valence electrons. The average Bonchev–Trinajstić information content (AvgIpc) is 2.76. The van der Waals surface area contributed by atoms with Crippen LogP contribution < -0.4 is 0 Å². The van der Waals surface area contributed by atoms with Gasteiger partial charge in [0.2, 0.25) is 0 Å². The van der Waals surface area contributed by atoms with Gasteiger partial charge in [0.1, 0.15) is 0 Å². The van der Waals surface area contributed by atoms with Crippen LogP contribution in [0.2, 0.25) is 0 Å². The summed E-state index contributed by atoms with van der Waals surface area (Å²) >= 11 is 5.83. The van der Waals surface area contributed by atoms with Crippen molar-refractivity contribution in [2.24, 2.45) is 0 Å². The molecule has 2 aromatic rings. The van der Waals surface area contributed by atoms with E-state index in [4.69, 9.17) is 11.6 Å². The van der Waals surface area contributed by atoms with Crippen molar-refractivity contribution < 1.29 is 0 Å². The second-order valence-corrected chi connectivity index (χ2v) is 6.20. The van der Waals surface area contributed by atoms with E-state index < -0.39 is 0 Å². The smallest absolute Gasteiger partial charge is 0.0472 e. The maximum absolute atomic E-state index is 5.83.